The van der Waals surface area contributed by atoms with Crippen molar-refractivity contribution in [2.45, 2.75) is 65.3 Å². The van der Waals surface area contributed by atoms with Gasteiger partial charge in [0.25, 0.3) is 0 Å². The second kappa shape index (κ2) is 8.13. The quantitative estimate of drug-likeness (QED) is 0.684. The molecule has 3 heteroatoms. The van der Waals surface area contributed by atoms with Crippen molar-refractivity contribution in [1.82, 2.24) is 10.2 Å². The van der Waals surface area contributed by atoms with Crippen LogP contribution in [0.2, 0.25) is 0 Å². The number of hydrogen-bond donors (Lipinski definition) is 1. The molecule has 1 amide bonds. The molecule has 1 N–H and O–H groups in total. The molecule has 0 aliphatic carbocycles. The molecule has 0 aromatic heterocycles. The molecule has 3 nitrogen and oxygen atoms in total. The minimum Gasteiger partial charge on any atom is -0.346 e. The van der Waals surface area contributed by atoms with Gasteiger partial charge in [0.05, 0.1) is 6.67 Å². The van der Waals surface area contributed by atoms with Gasteiger partial charge in [-0.2, -0.15) is 0 Å². The molecule has 1 saturated heterocycles. The minimum absolute atomic E-state index is 0.201. The molecule has 20 heavy (non-hydrogen) atoms. The van der Waals surface area contributed by atoms with E-state index in [-0.39, 0.29) is 11.4 Å². The zero-order valence-electron chi connectivity index (χ0n) is 13.5. The molecule has 1 aliphatic rings. The Morgan fingerprint density at radius 2 is 2.00 bits per heavy atom. The summed E-state index contributed by atoms with van der Waals surface area (Å²) >= 11 is 0. The van der Waals surface area contributed by atoms with Crippen molar-refractivity contribution < 1.29 is 4.79 Å². The first kappa shape index (κ1) is 16.8. The van der Waals surface area contributed by atoms with Gasteiger partial charge < -0.3 is 10.2 Å². The summed E-state index contributed by atoms with van der Waals surface area (Å²) in [5.41, 5.74) is -0.319. The highest BCUT2D eigenvalue weighted by Gasteiger charge is 2.45. The number of allylic oxidation sites excluding steroid dienone is 3. The van der Waals surface area contributed by atoms with Crippen LogP contribution >= 0.6 is 0 Å². The summed E-state index contributed by atoms with van der Waals surface area (Å²) < 4.78 is 0. The lowest BCUT2D eigenvalue weighted by molar-refractivity contribution is -0.126. The first-order valence-electron chi connectivity index (χ1n) is 7.95. The zero-order chi connectivity index (χ0) is 15.0. The van der Waals surface area contributed by atoms with Gasteiger partial charge in [-0.1, -0.05) is 51.8 Å². The number of rotatable bonds is 8. The Kier molecular flexibility index (Phi) is 6.83. The van der Waals surface area contributed by atoms with Crippen molar-refractivity contribution in [3.8, 4) is 0 Å². The van der Waals surface area contributed by atoms with E-state index in [4.69, 9.17) is 0 Å². The second-order valence-corrected chi connectivity index (χ2v) is 5.79. The van der Waals surface area contributed by atoms with Crippen LogP contribution in [0.5, 0.6) is 0 Å². The van der Waals surface area contributed by atoms with Crippen LogP contribution in [-0.4, -0.2) is 23.0 Å². The highest BCUT2D eigenvalue weighted by Crippen LogP contribution is 2.31. The fraction of sp³-hybridized carbons (Fsp3) is 0.706. The Hall–Kier alpha value is -1.25. The Morgan fingerprint density at radius 1 is 1.35 bits per heavy atom. The van der Waals surface area contributed by atoms with Gasteiger partial charge in [0.15, 0.2) is 0 Å². The molecule has 1 atom stereocenters. The number of carbonyl (C=O) groups is 1. The third kappa shape index (κ3) is 3.87. The molecule has 0 aromatic carbocycles. The highest BCUT2D eigenvalue weighted by atomic mass is 16.2. The van der Waals surface area contributed by atoms with Crippen LogP contribution in [0.15, 0.2) is 24.4 Å². The van der Waals surface area contributed by atoms with Crippen molar-refractivity contribution >= 4 is 5.91 Å². The van der Waals surface area contributed by atoms with Crippen molar-refractivity contribution in [3.05, 3.63) is 24.4 Å². The summed E-state index contributed by atoms with van der Waals surface area (Å²) in [5.74, 6) is 0.704. The molecule has 114 valence electrons. The summed E-state index contributed by atoms with van der Waals surface area (Å²) in [6.07, 6.45) is 13.6. The van der Waals surface area contributed by atoms with Crippen LogP contribution in [-0.2, 0) is 4.79 Å². The number of carbonyl (C=O) groups excluding carboxylic acids is 1. The second-order valence-electron chi connectivity index (χ2n) is 5.79. The van der Waals surface area contributed by atoms with Gasteiger partial charge in [0.1, 0.15) is 5.54 Å². The van der Waals surface area contributed by atoms with Crippen LogP contribution in [0.25, 0.3) is 0 Å². The predicted octanol–water partition coefficient (Wildman–Crippen LogP) is 3.83. The van der Waals surface area contributed by atoms with Crippen LogP contribution in [0, 0.1) is 5.92 Å². The number of nitrogens with one attached hydrogen (secondary N) is 1. The third-order valence-electron chi connectivity index (χ3n) is 4.05. The zero-order valence-corrected chi connectivity index (χ0v) is 13.5. The molecule has 0 aromatic rings. The molecule has 1 fully saturated rings. The predicted molar refractivity (Wildman–Crippen MR) is 85.1 cm³/mol. The van der Waals surface area contributed by atoms with E-state index in [1.54, 1.807) is 0 Å². The van der Waals surface area contributed by atoms with E-state index >= 15 is 0 Å². The molecular weight excluding hydrogens is 248 g/mol. The van der Waals surface area contributed by atoms with Gasteiger partial charge in [-0.05, 0) is 38.3 Å². The fourth-order valence-electron chi connectivity index (χ4n) is 2.95. The summed E-state index contributed by atoms with van der Waals surface area (Å²) in [6.45, 7) is 9.21. The molecular formula is C17H30N2O. The number of amides is 1. The topological polar surface area (TPSA) is 32.3 Å². The molecule has 0 spiro atoms. The minimum atomic E-state index is -0.319. The van der Waals surface area contributed by atoms with E-state index in [2.05, 4.69) is 55.4 Å². The molecule has 0 saturated carbocycles. The maximum absolute atomic E-state index is 12.3. The number of hydrogen-bond acceptors (Lipinski definition) is 2. The maximum atomic E-state index is 12.3. The Morgan fingerprint density at radius 3 is 2.55 bits per heavy atom. The summed E-state index contributed by atoms with van der Waals surface area (Å²) in [7, 11) is 0. The summed E-state index contributed by atoms with van der Waals surface area (Å²) in [6, 6.07) is 0. The average molecular weight is 278 g/mol. The first-order chi connectivity index (χ1) is 9.60. The Balaban J connectivity index is 2.80. The molecule has 1 unspecified atom stereocenters. The van der Waals surface area contributed by atoms with Crippen LogP contribution < -0.4 is 5.32 Å². The van der Waals surface area contributed by atoms with E-state index in [1.807, 2.05) is 6.92 Å². The third-order valence-corrected chi connectivity index (χ3v) is 4.05. The van der Waals surface area contributed by atoms with Gasteiger partial charge >= 0.3 is 0 Å². The summed E-state index contributed by atoms with van der Waals surface area (Å²) in [5, 5.41) is 3.02. The smallest absolute Gasteiger partial charge is 0.247 e. The van der Waals surface area contributed by atoms with Crippen molar-refractivity contribution in [2.24, 2.45) is 5.92 Å². The fourth-order valence-corrected chi connectivity index (χ4v) is 2.95. The molecule has 0 radical (unpaired) electrons. The normalized spacial score (nSPS) is 20.0. The van der Waals surface area contributed by atoms with Gasteiger partial charge in [-0.25, -0.2) is 0 Å². The van der Waals surface area contributed by atoms with Gasteiger partial charge in [0.2, 0.25) is 5.91 Å². The summed E-state index contributed by atoms with van der Waals surface area (Å²) in [4.78, 5) is 14.5. The van der Waals surface area contributed by atoms with Gasteiger partial charge in [0, 0.05) is 0 Å². The average Bonchev–Trinajstić information content (AvgIpc) is 2.72. The monoisotopic (exact) mass is 278 g/mol. The van der Waals surface area contributed by atoms with E-state index < -0.39 is 0 Å². The molecule has 1 heterocycles. The van der Waals surface area contributed by atoms with E-state index in [9.17, 15) is 4.79 Å². The molecule has 1 rings (SSSR count). The van der Waals surface area contributed by atoms with Crippen LogP contribution in [0.3, 0.4) is 0 Å². The van der Waals surface area contributed by atoms with E-state index in [0.717, 1.165) is 32.1 Å². The lowest BCUT2D eigenvalue weighted by Gasteiger charge is -2.34. The SMILES string of the molecule is C/C=C\CC(C)/C=C/N1CNC(=O)C1(CCC)CCC. The van der Waals surface area contributed by atoms with Gasteiger partial charge in [-0.15, -0.1) is 0 Å². The van der Waals surface area contributed by atoms with Crippen molar-refractivity contribution in [2.75, 3.05) is 6.67 Å². The largest absolute Gasteiger partial charge is 0.346 e. The van der Waals surface area contributed by atoms with Crippen molar-refractivity contribution in [1.29, 1.82) is 0 Å². The van der Waals surface area contributed by atoms with Gasteiger partial charge in [-0.3, -0.25) is 4.79 Å². The van der Waals surface area contributed by atoms with Crippen molar-refractivity contribution in [3.63, 3.8) is 0 Å². The first-order valence-corrected chi connectivity index (χ1v) is 7.95. The number of nitrogens with zero attached hydrogens (tertiary/aromatic N) is 1. The molecule has 1 aliphatic heterocycles. The highest BCUT2D eigenvalue weighted by molar-refractivity contribution is 5.88. The van der Waals surface area contributed by atoms with E-state index in [0.29, 0.717) is 12.6 Å². The lowest BCUT2D eigenvalue weighted by Crippen LogP contribution is -2.46. The Bertz CT molecular complexity index is 354. The van der Waals surface area contributed by atoms with E-state index in [1.165, 1.54) is 0 Å². The maximum Gasteiger partial charge on any atom is 0.247 e. The lowest BCUT2D eigenvalue weighted by atomic mass is 9.87. The van der Waals surface area contributed by atoms with Crippen LogP contribution in [0.1, 0.15) is 59.8 Å². The standard InChI is InChI=1S/C17H30N2O/c1-5-8-9-15(4)10-13-19-14-18-16(20)17(19,11-6-2)12-7-3/h5,8,10,13,15H,6-7,9,11-12,14H2,1-4H3,(H,18,20)/b8-5-,13-10+. The Labute approximate surface area is 124 Å². The van der Waals surface area contributed by atoms with Crippen LogP contribution in [0.4, 0.5) is 0 Å². The molecule has 0 bridgehead atoms.